The monoisotopic (exact) mass is 431 g/mol. The van der Waals surface area contributed by atoms with Crippen LogP contribution in [0.25, 0.3) is 0 Å². The molecule has 0 aliphatic heterocycles. The van der Waals surface area contributed by atoms with Crippen LogP contribution in [0, 0.1) is 12.7 Å². The van der Waals surface area contributed by atoms with Crippen molar-refractivity contribution in [2.24, 2.45) is 0 Å². The zero-order chi connectivity index (χ0) is 19.8. The van der Waals surface area contributed by atoms with Gasteiger partial charge in [-0.15, -0.1) is 0 Å². The lowest BCUT2D eigenvalue weighted by atomic mass is 10.2. The van der Waals surface area contributed by atoms with Crippen LogP contribution in [0.3, 0.4) is 0 Å². The molecule has 0 aliphatic rings. The summed E-state index contributed by atoms with van der Waals surface area (Å²) in [6.07, 6.45) is 2.83. The molecular weight excluding hydrogens is 416 g/mol. The first kappa shape index (κ1) is 19.7. The molecule has 7 nitrogen and oxygen atoms in total. The number of anilines is 1. The topological polar surface area (TPSA) is 81.8 Å². The van der Waals surface area contributed by atoms with Gasteiger partial charge in [0.2, 0.25) is 0 Å². The van der Waals surface area contributed by atoms with Gasteiger partial charge in [0.15, 0.2) is 5.82 Å². The van der Waals surface area contributed by atoms with Crippen LogP contribution in [0.15, 0.2) is 35.5 Å². The highest BCUT2D eigenvalue weighted by molar-refractivity contribution is 7.92. The molecule has 0 bridgehead atoms. The van der Waals surface area contributed by atoms with Crippen LogP contribution < -0.4 is 4.72 Å². The van der Waals surface area contributed by atoms with Crippen molar-refractivity contribution in [2.45, 2.75) is 31.8 Å². The van der Waals surface area contributed by atoms with Gasteiger partial charge in [-0.3, -0.25) is 14.1 Å². The minimum atomic E-state index is -3.93. The molecule has 0 saturated heterocycles. The van der Waals surface area contributed by atoms with Crippen molar-refractivity contribution < 1.29 is 12.8 Å². The van der Waals surface area contributed by atoms with Gasteiger partial charge >= 0.3 is 0 Å². The van der Waals surface area contributed by atoms with Gasteiger partial charge in [-0.1, -0.05) is 29.3 Å². The van der Waals surface area contributed by atoms with E-state index in [9.17, 15) is 12.8 Å². The fourth-order valence-corrected chi connectivity index (χ4v) is 4.18. The van der Waals surface area contributed by atoms with Gasteiger partial charge in [-0.2, -0.15) is 10.2 Å². The summed E-state index contributed by atoms with van der Waals surface area (Å²) < 4.78 is 44.4. The van der Waals surface area contributed by atoms with Gasteiger partial charge < -0.3 is 0 Å². The summed E-state index contributed by atoms with van der Waals surface area (Å²) in [4.78, 5) is 0.0344. The highest BCUT2D eigenvalue weighted by Gasteiger charge is 2.23. The molecule has 0 saturated carbocycles. The Morgan fingerprint density at radius 2 is 1.89 bits per heavy atom. The molecule has 0 aliphatic carbocycles. The molecule has 27 heavy (non-hydrogen) atoms. The molecule has 1 aromatic carbocycles. The Labute approximate surface area is 165 Å². The third kappa shape index (κ3) is 4.10. The van der Waals surface area contributed by atoms with E-state index in [1.54, 1.807) is 13.0 Å². The van der Waals surface area contributed by atoms with Gasteiger partial charge in [0, 0.05) is 29.5 Å². The van der Waals surface area contributed by atoms with E-state index in [-0.39, 0.29) is 32.9 Å². The minimum absolute atomic E-state index is 0.000249. The Morgan fingerprint density at radius 3 is 2.52 bits per heavy atom. The van der Waals surface area contributed by atoms with E-state index in [2.05, 4.69) is 14.9 Å². The van der Waals surface area contributed by atoms with Gasteiger partial charge in [-0.25, -0.2) is 12.8 Å². The van der Waals surface area contributed by atoms with E-state index in [0.29, 0.717) is 12.2 Å². The molecule has 0 fully saturated rings. The highest BCUT2D eigenvalue weighted by atomic mass is 35.5. The van der Waals surface area contributed by atoms with Crippen LogP contribution in [0.1, 0.15) is 18.2 Å². The normalized spacial score (nSPS) is 11.7. The summed E-state index contributed by atoms with van der Waals surface area (Å²) in [5.74, 6) is -0.549. The molecule has 3 rings (SSSR count). The Hall–Kier alpha value is -2.10. The third-order valence-electron chi connectivity index (χ3n) is 3.84. The SMILES string of the molecule is CCn1cc(S(=O)(=O)Nc2nn(Cc3c(F)cccc3Cl)cc2Cl)c(C)n1. The predicted molar refractivity (Wildman–Crippen MR) is 101 cm³/mol. The lowest BCUT2D eigenvalue weighted by Gasteiger charge is -2.06. The van der Waals surface area contributed by atoms with Gasteiger partial charge in [0.1, 0.15) is 15.7 Å². The smallest absolute Gasteiger partial charge is 0.266 e. The number of nitrogens with zero attached hydrogens (tertiary/aromatic N) is 4. The summed E-state index contributed by atoms with van der Waals surface area (Å²) >= 11 is 12.1. The fraction of sp³-hybridized carbons (Fsp3) is 0.250. The quantitative estimate of drug-likeness (QED) is 0.644. The van der Waals surface area contributed by atoms with Crippen molar-refractivity contribution in [2.75, 3.05) is 4.72 Å². The number of nitrogens with one attached hydrogen (secondary N) is 1. The molecule has 1 N–H and O–H groups in total. The van der Waals surface area contributed by atoms with Crippen LogP contribution in [-0.2, 0) is 23.1 Å². The number of hydrogen-bond donors (Lipinski definition) is 1. The number of rotatable bonds is 6. The number of benzene rings is 1. The molecule has 0 amide bonds. The predicted octanol–water partition coefficient (Wildman–Crippen LogP) is 3.70. The van der Waals surface area contributed by atoms with Gasteiger partial charge in [-0.05, 0) is 26.0 Å². The zero-order valence-corrected chi connectivity index (χ0v) is 16.8. The van der Waals surface area contributed by atoms with E-state index >= 15 is 0 Å². The van der Waals surface area contributed by atoms with Gasteiger partial charge in [0.05, 0.1) is 12.2 Å². The van der Waals surface area contributed by atoms with Crippen LogP contribution in [0.2, 0.25) is 10.0 Å². The fourth-order valence-electron chi connectivity index (χ4n) is 2.50. The van der Waals surface area contributed by atoms with Crippen LogP contribution >= 0.6 is 23.2 Å². The Morgan fingerprint density at radius 1 is 1.15 bits per heavy atom. The molecule has 0 atom stereocenters. The standard InChI is InChI=1S/C16H16Cl2FN5O2S/c1-3-23-9-15(10(2)20-23)27(25,26)22-16-13(18)8-24(21-16)7-11-12(17)5-4-6-14(11)19/h4-6,8-9H,3,7H2,1-2H3,(H,21,22). The van der Waals surface area contributed by atoms with E-state index in [4.69, 9.17) is 23.2 Å². The summed E-state index contributed by atoms with van der Waals surface area (Å²) in [5, 5.41) is 8.54. The second kappa shape index (κ2) is 7.49. The summed E-state index contributed by atoms with van der Waals surface area (Å²) in [5.41, 5.74) is 0.589. The van der Waals surface area contributed by atoms with Crippen molar-refractivity contribution in [3.05, 3.63) is 57.7 Å². The lowest BCUT2D eigenvalue weighted by molar-refractivity contribution is 0.585. The van der Waals surface area contributed by atoms with Crippen molar-refractivity contribution >= 4 is 39.0 Å². The largest absolute Gasteiger partial charge is 0.271 e. The van der Waals surface area contributed by atoms with Crippen LogP contribution in [-0.4, -0.2) is 28.0 Å². The minimum Gasteiger partial charge on any atom is -0.271 e. The zero-order valence-electron chi connectivity index (χ0n) is 14.4. The molecular formula is C16H16Cl2FN5O2S. The molecule has 0 spiro atoms. The maximum atomic E-state index is 13.9. The Kier molecular flexibility index (Phi) is 5.45. The summed E-state index contributed by atoms with van der Waals surface area (Å²) in [6.45, 7) is 3.98. The van der Waals surface area contributed by atoms with Crippen LogP contribution in [0.4, 0.5) is 10.2 Å². The van der Waals surface area contributed by atoms with E-state index in [1.165, 1.54) is 33.9 Å². The Bertz CT molecular complexity index is 1070. The average molecular weight is 432 g/mol. The molecule has 144 valence electrons. The van der Waals surface area contributed by atoms with Crippen LogP contribution in [0.5, 0.6) is 0 Å². The lowest BCUT2D eigenvalue weighted by Crippen LogP contribution is -2.14. The number of sulfonamides is 1. The maximum absolute atomic E-state index is 13.9. The summed E-state index contributed by atoms with van der Waals surface area (Å²) in [6, 6.07) is 4.34. The molecule has 2 aromatic heterocycles. The van der Waals surface area contributed by atoms with Crippen molar-refractivity contribution in [1.29, 1.82) is 0 Å². The number of aromatic nitrogens is 4. The molecule has 11 heteroatoms. The second-order valence-corrected chi connectivity index (χ2v) is 8.23. The molecule has 0 unspecified atom stereocenters. The number of halogens is 3. The number of hydrogen-bond acceptors (Lipinski definition) is 4. The van der Waals surface area contributed by atoms with Gasteiger partial charge in [0.25, 0.3) is 10.0 Å². The highest BCUT2D eigenvalue weighted by Crippen LogP contribution is 2.26. The second-order valence-electron chi connectivity index (χ2n) is 5.76. The Balaban J connectivity index is 1.87. The van der Waals surface area contributed by atoms with Crippen molar-refractivity contribution in [1.82, 2.24) is 19.6 Å². The van der Waals surface area contributed by atoms with E-state index in [1.807, 2.05) is 6.92 Å². The number of aryl methyl sites for hydroxylation is 2. The summed E-state index contributed by atoms with van der Waals surface area (Å²) in [7, 11) is -3.93. The molecule has 3 aromatic rings. The van der Waals surface area contributed by atoms with E-state index in [0.717, 1.165) is 0 Å². The average Bonchev–Trinajstić information content (AvgIpc) is 3.14. The van der Waals surface area contributed by atoms with Crippen molar-refractivity contribution in [3.8, 4) is 0 Å². The third-order valence-corrected chi connectivity index (χ3v) is 5.92. The van der Waals surface area contributed by atoms with Crippen molar-refractivity contribution in [3.63, 3.8) is 0 Å². The molecule has 2 heterocycles. The first-order valence-electron chi connectivity index (χ1n) is 7.94. The maximum Gasteiger partial charge on any atom is 0.266 e. The van der Waals surface area contributed by atoms with E-state index < -0.39 is 15.8 Å². The molecule has 0 radical (unpaired) electrons. The first-order chi connectivity index (χ1) is 12.7. The first-order valence-corrected chi connectivity index (χ1v) is 10.2.